The molecule has 9 heteroatoms. The van der Waals surface area contributed by atoms with Gasteiger partial charge in [0.25, 0.3) is 0 Å². The summed E-state index contributed by atoms with van der Waals surface area (Å²) < 4.78 is 49.6. The molecular formula is C19H18F3N3O3. The molecule has 0 fully saturated rings. The smallest absolute Gasteiger partial charge is 0.416 e. The van der Waals surface area contributed by atoms with E-state index in [1.165, 1.54) is 43.4 Å². The number of hydrogen-bond donors (Lipinski definition) is 0. The van der Waals surface area contributed by atoms with Crippen LogP contribution in [0.3, 0.4) is 0 Å². The Balaban J connectivity index is 2.27. The van der Waals surface area contributed by atoms with Crippen molar-refractivity contribution in [1.29, 1.82) is 0 Å². The number of halogens is 3. The number of nitrogens with zero attached hydrogens (tertiary/aromatic N) is 3. The molecule has 0 saturated heterocycles. The first-order valence-corrected chi connectivity index (χ1v) is 8.02. The van der Waals surface area contributed by atoms with E-state index in [1.54, 1.807) is 25.3 Å². The minimum Gasteiger partial charge on any atom is -0.502 e. The number of rotatable bonds is 6. The second-order valence-corrected chi connectivity index (χ2v) is 5.54. The van der Waals surface area contributed by atoms with Crippen LogP contribution in [0.2, 0.25) is 0 Å². The van der Waals surface area contributed by atoms with Crippen molar-refractivity contribution >= 4 is 23.6 Å². The van der Waals surface area contributed by atoms with Gasteiger partial charge in [0.1, 0.15) is 6.26 Å². The second-order valence-electron chi connectivity index (χ2n) is 5.54. The maximum absolute atomic E-state index is 12.8. The first-order chi connectivity index (χ1) is 13.3. The number of benzene rings is 1. The third kappa shape index (κ3) is 5.09. The number of carbonyl (C=O) groups excluding carboxylic acids is 1. The van der Waals surface area contributed by atoms with Gasteiger partial charge in [-0.25, -0.2) is 4.79 Å². The van der Waals surface area contributed by atoms with Gasteiger partial charge in [-0.2, -0.15) is 23.4 Å². The van der Waals surface area contributed by atoms with E-state index in [9.17, 15) is 18.0 Å². The molecule has 0 aliphatic carbocycles. The summed E-state index contributed by atoms with van der Waals surface area (Å²) in [6, 6.07) is 8.17. The SMILES string of the molecule is COC=C(C(=O)OC)n1cccc1C=NN=C(C)c1cccc(C(F)(F)F)c1. The Hall–Kier alpha value is -3.36. The summed E-state index contributed by atoms with van der Waals surface area (Å²) >= 11 is 0. The molecule has 0 bridgehead atoms. The number of methoxy groups -OCH3 is 2. The van der Waals surface area contributed by atoms with E-state index in [1.807, 2.05) is 0 Å². The van der Waals surface area contributed by atoms with Gasteiger partial charge in [0.15, 0.2) is 5.70 Å². The summed E-state index contributed by atoms with van der Waals surface area (Å²) in [6.45, 7) is 1.55. The minimum absolute atomic E-state index is 0.120. The number of alkyl halides is 3. The summed E-state index contributed by atoms with van der Waals surface area (Å²) in [4.78, 5) is 11.9. The lowest BCUT2D eigenvalue weighted by atomic mass is 10.1. The normalized spacial score (nSPS) is 13.1. The van der Waals surface area contributed by atoms with Crippen LogP contribution in [0.1, 0.15) is 23.7 Å². The number of aromatic nitrogens is 1. The zero-order valence-corrected chi connectivity index (χ0v) is 15.4. The van der Waals surface area contributed by atoms with E-state index < -0.39 is 17.7 Å². The Morgan fingerprint density at radius 3 is 2.57 bits per heavy atom. The lowest BCUT2D eigenvalue weighted by Gasteiger charge is -2.08. The van der Waals surface area contributed by atoms with Gasteiger partial charge in [0, 0.05) is 6.20 Å². The quantitative estimate of drug-likeness (QED) is 0.245. The third-order valence-electron chi connectivity index (χ3n) is 3.67. The average Bonchev–Trinajstić information content (AvgIpc) is 3.13. The molecule has 28 heavy (non-hydrogen) atoms. The summed E-state index contributed by atoms with van der Waals surface area (Å²) in [6.07, 6.45) is -0.241. The Labute approximate surface area is 159 Å². The molecule has 0 aliphatic rings. The molecule has 6 nitrogen and oxygen atoms in total. The number of esters is 1. The predicted octanol–water partition coefficient (Wildman–Crippen LogP) is 3.97. The van der Waals surface area contributed by atoms with Crippen molar-refractivity contribution in [2.45, 2.75) is 13.1 Å². The molecule has 0 saturated carbocycles. The van der Waals surface area contributed by atoms with Crippen molar-refractivity contribution in [2.75, 3.05) is 14.2 Å². The van der Waals surface area contributed by atoms with Gasteiger partial charge in [0.05, 0.1) is 37.4 Å². The Kier molecular flexibility index (Phi) is 6.75. The Bertz CT molecular complexity index is 928. The summed E-state index contributed by atoms with van der Waals surface area (Å²) in [7, 11) is 2.63. The van der Waals surface area contributed by atoms with Crippen molar-refractivity contribution in [3.8, 4) is 0 Å². The molecule has 2 aromatic rings. The molecule has 0 N–H and O–H groups in total. The minimum atomic E-state index is -4.43. The van der Waals surface area contributed by atoms with Gasteiger partial charge in [-0.3, -0.25) is 0 Å². The molecule has 0 radical (unpaired) electrons. The van der Waals surface area contributed by atoms with Crippen LogP contribution in [0.5, 0.6) is 0 Å². The first kappa shape index (κ1) is 20.9. The van der Waals surface area contributed by atoms with Gasteiger partial charge < -0.3 is 14.0 Å². The van der Waals surface area contributed by atoms with Crippen LogP contribution >= 0.6 is 0 Å². The predicted molar refractivity (Wildman–Crippen MR) is 99.0 cm³/mol. The molecule has 1 heterocycles. The van der Waals surface area contributed by atoms with E-state index in [0.717, 1.165) is 12.1 Å². The van der Waals surface area contributed by atoms with Crippen molar-refractivity contribution in [1.82, 2.24) is 4.57 Å². The topological polar surface area (TPSA) is 65.2 Å². The Morgan fingerprint density at radius 2 is 1.93 bits per heavy atom. The van der Waals surface area contributed by atoms with Crippen LogP contribution in [0, 0.1) is 0 Å². The molecule has 0 atom stereocenters. The van der Waals surface area contributed by atoms with E-state index in [2.05, 4.69) is 10.2 Å². The third-order valence-corrected chi connectivity index (χ3v) is 3.67. The molecule has 1 aromatic carbocycles. The molecule has 0 aliphatic heterocycles. The zero-order valence-electron chi connectivity index (χ0n) is 15.4. The maximum atomic E-state index is 12.8. The fraction of sp³-hybridized carbons (Fsp3) is 0.211. The van der Waals surface area contributed by atoms with Gasteiger partial charge in [0.2, 0.25) is 0 Å². The molecule has 0 unspecified atom stereocenters. The van der Waals surface area contributed by atoms with Crippen molar-refractivity contribution in [2.24, 2.45) is 10.2 Å². The van der Waals surface area contributed by atoms with E-state index in [4.69, 9.17) is 9.47 Å². The highest BCUT2D eigenvalue weighted by molar-refractivity contribution is 6.10. The standard InChI is InChI=1S/C19H18F3N3O3/c1-13(14-6-4-7-15(10-14)19(20,21)22)24-23-11-16-8-5-9-25(16)17(12-27-2)18(26)28-3/h4-12H,1-3H3. The molecule has 0 spiro atoms. The monoisotopic (exact) mass is 393 g/mol. The maximum Gasteiger partial charge on any atom is 0.416 e. The average molecular weight is 393 g/mol. The summed E-state index contributed by atoms with van der Waals surface area (Å²) in [5.41, 5.74) is 0.465. The summed E-state index contributed by atoms with van der Waals surface area (Å²) in [5.74, 6) is -0.614. The lowest BCUT2D eigenvalue weighted by Crippen LogP contribution is -2.12. The first-order valence-electron chi connectivity index (χ1n) is 8.02. The van der Waals surface area contributed by atoms with E-state index in [0.29, 0.717) is 17.0 Å². The fourth-order valence-corrected chi connectivity index (χ4v) is 2.29. The van der Waals surface area contributed by atoms with E-state index >= 15 is 0 Å². The van der Waals surface area contributed by atoms with Crippen LogP contribution in [0.4, 0.5) is 13.2 Å². The number of hydrogen-bond acceptors (Lipinski definition) is 5. The largest absolute Gasteiger partial charge is 0.502 e. The molecule has 2 rings (SSSR count). The van der Waals surface area contributed by atoms with Crippen LogP contribution < -0.4 is 0 Å². The van der Waals surface area contributed by atoms with Crippen LogP contribution in [-0.2, 0) is 20.4 Å². The lowest BCUT2D eigenvalue weighted by molar-refractivity contribution is -0.137. The summed E-state index contributed by atoms with van der Waals surface area (Å²) in [5, 5.41) is 7.85. The Morgan fingerprint density at radius 1 is 1.18 bits per heavy atom. The highest BCUT2D eigenvalue weighted by Crippen LogP contribution is 2.29. The highest BCUT2D eigenvalue weighted by Gasteiger charge is 2.30. The van der Waals surface area contributed by atoms with Crippen molar-refractivity contribution in [3.05, 3.63) is 65.7 Å². The number of ether oxygens (including phenoxy) is 2. The van der Waals surface area contributed by atoms with Crippen molar-refractivity contribution < 1.29 is 27.4 Å². The second kappa shape index (κ2) is 9.03. The van der Waals surface area contributed by atoms with Gasteiger partial charge in [-0.05, 0) is 36.8 Å². The van der Waals surface area contributed by atoms with Crippen LogP contribution in [0.15, 0.2) is 59.1 Å². The van der Waals surface area contributed by atoms with Crippen LogP contribution in [0.25, 0.3) is 5.70 Å². The molecule has 0 amide bonds. The van der Waals surface area contributed by atoms with Gasteiger partial charge in [-0.1, -0.05) is 12.1 Å². The van der Waals surface area contributed by atoms with E-state index in [-0.39, 0.29) is 5.70 Å². The zero-order chi connectivity index (χ0) is 20.7. The van der Waals surface area contributed by atoms with Crippen molar-refractivity contribution in [3.63, 3.8) is 0 Å². The van der Waals surface area contributed by atoms with Gasteiger partial charge in [-0.15, -0.1) is 0 Å². The highest BCUT2D eigenvalue weighted by atomic mass is 19.4. The number of carbonyl (C=O) groups is 1. The fourth-order valence-electron chi connectivity index (χ4n) is 2.29. The molecule has 148 valence electrons. The van der Waals surface area contributed by atoms with Crippen LogP contribution in [-0.4, -0.2) is 36.7 Å². The molecule has 1 aromatic heterocycles. The molecular weight excluding hydrogens is 375 g/mol. The van der Waals surface area contributed by atoms with Gasteiger partial charge >= 0.3 is 12.1 Å².